The molecule has 0 unspecified atom stereocenters. The van der Waals surface area contributed by atoms with Crippen LogP contribution in [0.1, 0.15) is 32.1 Å². The number of ether oxygens (including phenoxy) is 1. The Bertz CT molecular complexity index is 1770. The van der Waals surface area contributed by atoms with Gasteiger partial charge in [-0.2, -0.15) is 5.10 Å². The zero-order chi connectivity index (χ0) is 25.5. The topological polar surface area (TPSA) is 79.5 Å². The van der Waals surface area contributed by atoms with Gasteiger partial charge in [-0.05, 0) is 73.2 Å². The molecular formula is C31H26FN5O. The Morgan fingerprint density at radius 3 is 2.55 bits per heavy atom. The minimum Gasteiger partial charge on any atom is -0.489 e. The Morgan fingerprint density at radius 2 is 1.66 bits per heavy atom. The van der Waals surface area contributed by atoms with Crippen LogP contribution >= 0.6 is 0 Å². The van der Waals surface area contributed by atoms with Gasteiger partial charge in [0.15, 0.2) is 0 Å². The van der Waals surface area contributed by atoms with Gasteiger partial charge in [-0.25, -0.2) is 4.39 Å². The molecule has 0 saturated heterocycles. The molecule has 1 saturated carbocycles. The fraction of sp³-hybridized carbons (Fsp3) is 0.194. The van der Waals surface area contributed by atoms with Gasteiger partial charge in [0.05, 0.1) is 35.2 Å². The monoisotopic (exact) mass is 503 g/mol. The number of fused-ring (bicyclic) bond motifs is 2. The quantitative estimate of drug-likeness (QED) is 0.253. The summed E-state index contributed by atoms with van der Waals surface area (Å²) < 4.78 is 20.2. The average Bonchev–Trinajstić information content (AvgIpc) is 3.57. The number of aromatic nitrogens is 5. The number of hydrogen-bond acceptors (Lipinski definition) is 4. The number of aromatic amines is 2. The molecule has 0 aliphatic heterocycles. The van der Waals surface area contributed by atoms with Crippen LogP contribution in [-0.4, -0.2) is 31.3 Å². The molecule has 2 N–H and O–H groups in total. The van der Waals surface area contributed by atoms with Crippen molar-refractivity contribution in [2.75, 3.05) is 0 Å². The Hall–Kier alpha value is -4.52. The molecule has 7 rings (SSSR count). The normalized spacial score (nSPS) is 14.3. The van der Waals surface area contributed by atoms with Gasteiger partial charge in [-0.1, -0.05) is 24.6 Å². The van der Waals surface area contributed by atoms with Gasteiger partial charge >= 0.3 is 0 Å². The van der Waals surface area contributed by atoms with E-state index in [0.717, 1.165) is 74.0 Å². The van der Waals surface area contributed by atoms with Gasteiger partial charge < -0.3 is 9.72 Å². The predicted molar refractivity (Wildman–Crippen MR) is 147 cm³/mol. The van der Waals surface area contributed by atoms with E-state index in [1.807, 2.05) is 18.3 Å². The molecule has 4 heterocycles. The molecule has 1 aliphatic carbocycles. The van der Waals surface area contributed by atoms with E-state index < -0.39 is 0 Å². The Labute approximate surface area is 218 Å². The lowest BCUT2D eigenvalue weighted by Crippen LogP contribution is -2.19. The Balaban J connectivity index is 1.26. The summed E-state index contributed by atoms with van der Waals surface area (Å²) in [5.74, 6) is 0.540. The van der Waals surface area contributed by atoms with Crippen LogP contribution in [-0.2, 0) is 0 Å². The molecule has 38 heavy (non-hydrogen) atoms. The van der Waals surface area contributed by atoms with Crippen LogP contribution in [0.5, 0.6) is 5.75 Å². The van der Waals surface area contributed by atoms with Crippen LogP contribution in [0.4, 0.5) is 4.39 Å². The molecule has 4 aromatic heterocycles. The summed E-state index contributed by atoms with van der Waals surface area (Å²) in [5, 5.41) is 9.74. The number of halogens is 1. The lowest BCUT2D eigenvalue weighted by Gasteiger charge is -2.23. The highest BCUT2D eigenvalue weighted by atomic mass is 19.1. The molecule has 0 atom stereocenters. The molecule has 0 radical (unpaired) electrons. The van der Waals surface area contributed by atoms with Crippen molar-refractivity contribution in [2.24, 2.45) is 0 Å². The second kappa shape index (κ2) is 9.41. The van der Waals surface area contributed by atoms with E-state index in [9.17, 15) is 4.39 Å². The van der Waals surface area contributed by atoms with Crippen molar-refractivity contribution in [3.05, 3.63) is 85.2 Å². The Kier molecular flexibility index (Phi) is 5.61. The highest BCUT2D eigenvalue weighted by Gasteiger charge is 2.17. The van der Waals surface area contributed by atoms with Crippen LogP contribution in [0, 0.1) is 5.82 Å². The molecule has 0 bridgehead atoms. The van der Waals surface area contributed by atoms with Gasteiger partial charge in [0.25, 0.3) is 0 Å². The summed E-state index contributed by atoms with van der Waals surface area (Å²) in [4.78, 5) is 12.3. The molecule has 1 aliphatic rings. The zero-order valence-electron chi connectivity index (χ0n) is 20.7. The SMILES string of the molecule is Fc1cccc(-c2cncc3[nH]c(-c4n[nH]c5ccc(-c6cncc(OC7CCCCC7)c6)cc45)cc23)c1. The summed E-state index contributed by atoms with van der Waals surface area (Å²) in [6, 6.07) is 16.9. The van der Waals surface area contributed by atoms with Crippen molar-refractivity contribution in [1.82, 2.24) is 25.1 Å². The highest BCUT2D eigenvalue weighted by Crippen LogP contribution is 2.35. The largest absolute Gasteiger partial charge is 0.489 e. The van der Waals surface area contributed by atoms with Crippen LogP contribution in [0.2, 0.25) is 0 Å². The van der Waals surface area contributed by atoms with Gasteiger partial charge in [0.1, 0.15) is 17.3 Å². The predicted octanol–water partition coefficient (Wildman–Crippen LogP) is 7.69. The van der Waals surface area contributed by atoms with Crippen molar-refractivity contribution < 1.29 is 9.13 Å². The van der Waals surface area contributed by atoms with Crippen LogP contribution in [0.3, 0.4) is 0 Å². The van der Waals surface area contributed by atoms with E-state index >= 15 is 0 Å². The van der Waals surface area contributed by atoms with Gasteiger partial charge in [0.2, 0.25) is 0 Å². The second-order valence-corrected chi connectivity index (χ2v) is 9.96. The average molecular weight is 504 g/mol. The molecule has 7 heteroatoms. The fourth-order valence-corrected chi connectivity index (χ4v) is 5.48. The third-order valence-electron chi connectivity index (χ3n) is 7.40. The molecule has 0 spiro atoms. The summed E-state index contributed by atoms with van der Waals surface area (Å²) in [7, 11) is 0. The van der Waals surface area contributed by atoms with E-state index in [1.165, 1.54) is 31.4 Å². The maximum absolute atomic E-state index is 13.9. The first-order valence-electron chi connectivity index (χ1n) is 13.0. The summed E-state index contributed by atoms with van der Waals surface area (Å²) >= 11 is 0. The first-order chi connectivity index (χ1) is 18.7. The van der Waals surface area contributed by atoms with Crippen molar-refractivity contribution >= 4 is 21.8 Å². The van der Waals surface area contributed by atoms with Crippen molar-refractivity contribution in [2.45, 2.75) is 38.2 Å². The smallest absolute Gasteiger partial charge is 0.138 e. The third kappa shape index (κ3) is 4.20. The van der Waals surface area contributed by atoms with Crippen molar-refractivity contribution in [1.29, 1.82) is 0 Å². The maximum atomic E-state index is 13.9. The number of nitrogens with zero attached hydrogens (tertiary/aromatic N) is 3. The standard InChI is InChI=1S/C31H26FN5O/c32-22-6-4-5-20(11-22)27-17-34-18-30-25(27)14-29(35-30)31-26-13-19(9-10-28(26)36-37-31)21-12-24(16-33-15-21)38-23-7-2-1-3-8-23/h4-6,9-18,23,35H,1-3,7-8H2,(H,36,37). The zero-order valence-corrected chi connectivity index (χ0v) is 20.7. The molecule has 1 fully saturated rings. The number of benzene rings is 2. The minimum absolute atomic E-state index is 0.274. The third-order valence-corrected chi connectivity index (χ3v) is 7.40. The van der Waals surface area contributed by atoms with Gasteiger partial charge in [0, 0.05) is 34.3 Å². The van der Waals surface area contributed by atoms with Crippen molar-refractivity contribution in [3.63, 3.8) is 0 Å². The summed E-state index contributed by atoms with van der Waals surface area (Å²) in [5.41, 5.74) is 7.17. The number of pyridine rings is 2. The van der Waals surface area contributed by atoms with Crippen molar-refractivity contribution in [3.8, 4) is 39.4 Å². The van der Waals surface area contributed by atoms with Crippen LogP contribution < -0.4 is 4.74 Å². The highest BCUT2D eigenvalue weighted by molar-refractivity contribution is 6.01. The van der Waals surface area contributed by atoms with E-state index in [4.69, 9.17) is 4.74 Å². The van der Waals surface area contributed by atoms with Gasteiger partial charge in [-0.15, -0.1) is 0 Å². The fourth-order valence-electron chi connectivity index (χ4n) is 5.48. The van der Waals surface area contributed by atoms with Gasteiger partial charge in [-0.3, -0.25) is 15.1 Å². The molecule has 188 valence electrons. The Morgan fingerprint density at radius 1 is 0.763 bits per heavy atom. The maximum Gasteiger partial charge on any atom is 0.138 e. The van der Waals surface area contributed by atoms with E-state index in [1.54, 1.807) is 24.7 Å². The minimum atomic E-state index is -0.274. The summed E-state index contributed by atoms with van der Waals surface area (Å²) in [6.45, 7) is 0. The molecule has 6 nitrogen and oxygen atoms in total. The number of H-pyrrole nitrogens is 2. The van der Waals surface area contributed by atoms with E-state index in [0.29, 0.717) is 0 Å². The summed E-state index contributed by atoms with van der Waals surface area (Å²) in [6.07, 6.45) is 13.5. The first kappa shape index (κ1) is 22.7. The van der Waals surface area contributed by atoms with Crippen LogP contribution in [0.15, 0.2) is 79.4 Å². The molecule has 6 aromatic rings. The lowest BCUT2D eigenvalue weighted by atomic mass is 9.98. The van der Waals surface area contributed by atoms with Crippen LogP contribution in [0.25, 0.3) is 55.4 Å². The van der Waals surface area contributed by atoms with E-state index in [-0.39, 0.29) is 11.9 Å². The number of rotatable bonds is 5. The van der Waals surface area contributed by atoms with E-state index in [2.05, 4.69) is 49.4 Å². The lowest BCUT2D eigenvalue weighted by molar-refractivity contribution is 0.154. The first-order valence-corrected chi connectivity index (χ1v) is 13.0. The second-order valence-electron chi connectivity index (χ2n) is 9.96. The molecular weight excluding hydrogens is 477 g/mol. The molecule has 0 amide bonds. The molecule has 2 aromatic carbocycles. The number of nitrogens with one attached hydrogen (secondary N) is 2. The number of hydrogen-bond donors (Lipinski definition) is 2.